The minimum absolute atomic E-state index is 0.234. The molecule has 3 rings (SSSR count). The summed E-state index contributed by atoms with van der Waals surface area (Å²) in [5, 5.41) is 6.70. The number of benzene rings is 1. The summed E-state index contributed by atoms with van der Waals surface area (Å²) >= 11 is 0. The summed E-state index contributed by atoms with van der Waals surface area (Å²) in [4.78, 5) is 16.0. The van der Waals surface area contributed by atoms with E-state index in [9.17, 15) is 13.6 Å². The number of nitrogens with zero attached hydrogens (tertiary/aromatic N) is 3. The molecular weight excluding hydrogens is 314 g/mol. The standard InChI is InChI=1S/C17H14F2N4O/c18-13-1-2-14(15(19)11-13)17(24)21-16-6-10-23(22-16)9-5-12-3-7-20-8-4-12/h1-4,6-8,10-11H,5,9H2,(H,21,22,24). The number of hydrogen-bond donors (Lipinski definition) is 1. The lowest BCUT2D eigenvalue weighted by Gasteiger charge is -2.04. The van der Waals surface area contributed by atoms with Crippen molar-refractivity contribution < 1.29 is 13.6 Å². The number of halogens is 2. The molecule has 2 heterocycles. The second-order valence-corrected chi connectivity index (χ2v) is 5.15. The van der Waals surface area contributed by atoms with Crippen LogP contribution in [0, 0.1) is 11.6 Å². The van der Waals surface area contributed by atoms with Gasteiger partial charge in [0.25, 0.3) is 5.91 Å². The first kappa shape index (κ1) is 15.8. The number of hydrogen-bond acceptors (Lipinski definition) is 3. The topological polar surface area (TPSA) is 59.8 Å². The van der Waals surface area contributed by atoms with Crippen molar-refractivity contribution in [1.29, 1.82) is 0 Å². The molecular formula is C17H14F2N4O. The lowest BCUT2D eigenvalue weighted by Crippen LogP contribution is -2.14. The Morgan fingerprint density at radius 1 is 1.12 bits per heavy atom. The Morgan fingerprint density at radius 3 is 2.67 bits per heavy atom. The van der Waals surface area contributed by atoms with E-state index in [1.54, 1.807) is 29.3 Å². The molecule has 0 spiro atoms. The Bertz CT molecular complexity index is 849. The molecule has 3 aromatic rings. The zero-order valence-electron chi connectivity index (χ0n) is 12.6. The van der Waals surface area contributed by atoms with Crippen LogP contribution in [-0.2, 0) is 13.0 Å². The van der Waals surface area contributed by atoms with Crippen molar-refractivity contribution in [3.05, 3.63) is 77.8 Å². The van der Waals surface area contributed by atoms with E-state index < -0.39 is 17.5 Å². The molecule has 0 saturated carbocycles. The molecule has 7 heteroatoms. The largest absolute Gasteiger partial charge is 0.305 e. The van der Waals surface area contributed by atoms with Gasteiger partial charge in [0.1, 0.15) is 11.6 Å². The Labute approximate surface area is 137 Å². The number of amides is 1. The summed E-state index contributed by atoms with van der Waals surface area (Å²) in [6.07, 6.45) is 5.94. The highest BCUT2D eigenvalue weighted by molar-refractivity contribution is 6.03. The number of aromatic nitrogens is 3. The predicted octanol–water partition coefficient (Wildman–Crippen LogP) is 3.05. The lowest BCUT2D eigenvalue weighted by atomic mass is 10.2. The molecule has 0 unspecified atom stereocenters. The van der Waals surface area contributed by atoms with E-state index >= 15 is 0 Å². The third-order valence-corrected chi connectivity index (χ3v) is 3.44. The minimum atomic E-state index is -0.912. The SMILES string of the molecule is O=C(Nc1ccn(CCc2ccncc2)n1)c1ccc(F)cc1F. The van der Waals surface area contributed by atoms with Gasteiger partial charge in [-0.15, -0.1) is 0 Å². The third kappa shape index (κ3) is 3.81. The fourth-order valence-corrected chi connectivity index (χ4v) is 2.20. The summed E-state index contributed by atoms with van der Waals surface area (Å²) in [5.74, 6) is -2.01. The third-order valence-electron chi connectivity index (χ3n) is 3.44. The van der Waals surface area contributed by atoms with Gasteiger partial charge in [-0.2, -0.15) is 5.10 Å². The van der Waals surface area contributed by atoms with Gasteiger partial charge in [-0.1, -0.05) is 0 Å². The molecule has 0 aliphatic carbocycles. The second kappa shape index (κ2) is 6.99. The summed E-state index contributed by atoms with van der Waals surface area (Å²) in [7, 11) is 0. The van der Waals surface area contributed by atoms with E-state index in [1.807, 2.05) is 12.1 Å². The van der Waals surface area contributed by atoms with Crippen LogP contribution in [0.3, 0.4) is 0 Å². The summed E-state index contributed by atoms with van der Waals surface area (Å²) in [6.45, 7) is 0.630. The molecule has 1 amide bonds. The molecule has 1 aromatic carbocycles. The monoisotopic (exact) mass is 328 g/mol. The van der Waals surface area contributed by atoms with Crippen LogP contribution in [0.15, 0.2) is 55.0 Å². The number of anilines is 1. The fourth-order valence-electron chi connectivity index (χ4n) is 2.20. The number of aryl methyl sites for hydroxylation is 2. The van der Waals surface area contributed by atoms with Crippen molar-refractivity contribution in [3.8, 4) is 0 Å². The van der Waals surface area contributed by atoms with Crippen LogP contribution in [0.25, 0.3) is 0 Å². The van der Waals surface area contributed by atoms with Gasteiger partial charge >= 0.3 is 0 Å². The molecule has 122 valence electrons. The van der Waals surface area contributed by atoms with Crippen LogP contribution in [0.2, 0.25) is 0 Å². The van der Waals surface area contributed by atoms with E-state index in [-0.39, 0.29) is 5.56 Å². The highest BCUT2D eigenvalue weighted by Crippen LogP contribution is 2.12. The molecule has 0 atom stereocenters. The summed E-state index contributed by atoms with van der Waals surface area (Å²) in [6, 6.07) is 8.26. The zero-order valence-corrected chi connectivity index (χ0v) is 12.6. The fraction of sp³-hybridized carbons (Fsp3) is 0.118. The maximum Gasteiger partial charge on any atom is 0.259 e. The molecule has 5 nitrogen and oxygen atoms in total. The Morgan fingerprint density at radius 2 is 1.92 bits per heavy atom. The predicted molar refractivity (Wildman–Crippen MR) is 84.5 cm³/mol. The minimum Gasteiger partial charge on any atom is -0.305 e. The van der Waals surface area contributed by atoms with E-state index in [1.165, 1.54) is 0 Å². The van der Waals surface area contributed by atoms with Gasteiger partial charge in [0.05, 0.1) is 5.56 Å². The van der Waals surface area contributed by atoms with Gasteiger partial charge in [-0.25, -0.2) is 8.78 Å². The van der Waals surface area contributed by atoms with Crippen molar-refractivity contribution in [2.75, 3.05) is 5.32 Å². The van der Waals surface area contributed by atoms with Crippen LogP contribution in [0.5, 0.6) is 0 Å². The van der Waals surface area contributed by atoms with Gasteiger partial charge in [-0.3, -0.25) is 14.5 Å². The van der Waals surface area contributed by atoms with E-state index in [0.717, 1.165) is 24.1 Å². The number of carbonyl (C=O) groups excluding carboxylic acids is 1. The number of rotatable bonds is 5. The van der Waals surface area contributed by atoms with Gasteiger partial charge in [0, 0.05) is 37.3 Å². The highest BCUT2D eigenvalue weighted by atomic mass is 19.1. The molecule has 2 aromatic heterocycles. The smallest absolute Gasteiger partial charge is 0.259 e. The van der Waals surface area contributed by atoms with Gasteiger partial charge in [-0.05, 0) is 36.2 Å². The van der Waals surface area contributed by atoms with Crippen molar-refractivity contribution in [1.82, 2.24) is 14.8 Å². The van der Waals surface area contributed by atoms with Crippen LogP contribution in [0.1, 0.15) is 15.9 Å². The van der Waals surface area contributed by atoms with Gasteiger partial charge in [0.2, 0.25) is 0 Å². The molecule has 24 heavy (non-hydrogen) atoms. The molecule has 0 radical (unpaired) electrons. The average molecular weight is 328 g/mol. The van der Waals surface area contributed by atoms with Gasteiger partial charge in [0.15, 0.2) is 5.82 Å². The maximum atomic E-state index is 13.6. The number of pyridine rings is 1. The highest BCUT2D eigenvalue weighted by Gasteiger charge is 2.13. The van der Waals surface area contributed by atoms with Crippen molar-refractivity contribution in [2.45, 2.75) is 13.0 Å². The molecule has 0 aliphatic rings. The molecule has 1 N–H and O–H groups in total. The average Bonchev–Trinajstić information content (AvgIpc) is 3.01. The van der Waals surface area contributed by atoms with Crippen LogP contribution >= 0.6 is 0 Å². The normalized spacial score (nSPS) is 10.6. The van der Waals surface area contributed by atoms with Crippen molar-refractivity contribution in [2.24, 2.45) is 0 Å². The molecule has 0 fully saturated rings. The molecule has 0 aliphatic heterocycles. The Kier molecular flexibility index (Phi) is 4.60. The maximum absolute atomic E-state index is 13.6. The lowest BCUT2D eigenvalue weighted by molar-refractivity contribution is 0.102. The Hall–Kier alpha value is -3.09. The molecule has 0 bridgehead atoms. The van der Waals surface area contributed by atoms with Crippen LogP contribution in [-0.4, -0.2) is 20.7 Å². The van der Waals surface area contributed by atoms with E-state index in [0.29, 0.717) is 18.4 Å². The van der Waals surface area contributed by atoms with E-state index in [4.69, 9.17) is 0 Å². The first-order chi connectivity index (χ1) is 11.6. The molecule has 0 saturated heterocycles. The second-order valence-electron chi connectivity index (χ2n) is 5.15. The van der Waals surface area contributed by atoms with Crippen molar-refractivity contribution >= 4 is 11.7 Å². The first-order valence-corrected chi connectivity index (χ1v) is 7.30. The van der Waals surface area contributed by atoms with Gasteiger partial charge < -0.3 is 5.32 Å². The zero-order chi connectivity index (χ0) is 16.9. The first-order valence-electron chi connectivity index (χ1n) is 7.30. The van der Waals surface area contributed by atoms with Crippen molar-refractivity contribution in [3.63, 3.8) is 0 Å². The summed E-state index contributed by atoms with van der Waals surface area (Å²) < 4.78 is 28.1. The Balaban J connectivity index is 1.62. The number of carbonyl (C=O) groups is 1. The van der Waals surface area contributed by atoms with E-state index in [2.05, 4.69) is 15.4 Å². The van der Waals surface area contributed by atoms with Crippen LogP contribution in [0.4, 0.5) is 14.6 Å². The van der Waals surface area contributed by atoms with Crippen LogP contribution < -0.4 is 5.32 Å². The quantitative estimate of drug-likeness (QED) is 0.783. The number of nitrogens with one attached hydrogen (secondary N) is 1. The summed E-state index contributed by atoms with van der Waals surface area (Å²) in [5.41, 5.74) is 0.891.